The molecule has 0 aromatic carbocycles. The fourth-order valence-corrected chi connectivity index (χ4v) is 2.24. The third kappa shape index (κ3) is 4.05. The van der Waals surface area contributed by atoms with E-state index in [9.17, 15) is 4.79 Å². The van der Waals surface area contributed by atoms with Gasteiger partial charge in [-0.1, -0.05) is 6.08 Å². The topological polar surface area (TPSA) is 50.2 Å². The number of hydrogen-bond donors (Lipinski definition) is 1. The van der Waals surface area contributed by atoms with Crippen LogP contribution in [0.2, 0.25) is 0 Å². The van der Waals surface area contributed by atoms with Crippen molar-refractivity contribution in [1.29, 1.82) is 0 Å². The molecule has 0 saturated heterocycles. The molecule has 0 spiro atoms. The predicted molar refractivity (Wildman–Crippen MR) is 64.1 cm³/mol. The van der Waals surface area contributed by atoms with Crippen molar-refractivity contribution < 1.29 is 9.90 Å². The number of thioether (sulfide) groups is 1. The summed E-state index contributed by atoms with van der Waals surface area (Å²) in [5.41, 5.74) is 0.356. The van der Waals surface area contributed by atoms with Gasteiger partial charge in [0.2, 0.25) is 0 Å². The van der Waals surface area contributed by atoms with Gasteiger partial charge >= 0.3 is 5.97 Å². The molecule has 0 unspecified atom stereocenters. The quantitative estimate of drug-likeness (QED) is 0.683. The van der Waals surface area contributed by atoms with E-state index in [2.05, 4.69) is 20.9 Å². The van der Waals surface area contributed by atoms with Crippen LogP contribution in [0.15, 0.2) is 39.5 Å². The summed E-state index contributed by atoms with van der Waals surface area (Å²) in [6.45, 7) is 1.58. The maximum absolute atomic E-state index is 10.5. The summed E-state index contributed by atoms with van der Waals surface area (Å²) in [4.78, 5) is 14.7. The number of nitrogens with zero attached hydrogens (tertiary/aromatic N) is 1. The molecule has 5 heteroatoms. The van der Waals surface area contributed by atoms with Crippen LogP contribution in [0.3, 0.4) is 0 Å². The Balaban J connectivity index is 2.55. The first-order valence-corrected chi connectivity index (χ1v) is 6.02. The highest BCUT2D eigenvalue weighted by molar-refractivity contribution is 9.10. The summed E-state index contributed by atoms with van der Waals surface area (Å²) in [5, 5.41) is 9.50. The number of aromatic nitrogens is 1. The SMILES string of the molecule is CC(=CCSc1ncccc1Br)C(=O)O. The number of pyridine rings is 1. The summed E-state index contributed by atoms with van der Waals surface area (Å²) in [6.07, 6.45) is 3.38. The van der Waals surface area contributed by atoms with Gasteiger partial charge < -0.3 is 5.11 Å². The minimum atomic E-state index is -0.879. The first-order valence-electron chi connectivity index (χ1n) is 4.24. The Morgan fingerprint density at radius 3 is 3.07 bits per heavy atom. The molecule has 0 aliphatic carbocycles. The normalized spacial score (nSPS) is 11.5. The molecule has 15 heavy (non-hydrogen) atoms. The van der Waals surface area contributed by atoms with Crippen LogP contribution < -0.4 is 0 Å². The molecule has 3 nitrogen and oxygen atoms in total. The second-order valence-corrected chi connectivity index (χ2v) is 4.66. The fraction of sp³-hybridized carbons (Fsp3) is 0.200. The van der Waals surface area contributed by atoms with E-state index in [0.717, 1.165) is 9.50 Å². The summed E-state index contributed by atoms with van der Waals surface area (Å²) in [5.74, 6) is -0.274. The van der Waals surface area contributed by atoms with Crippen LogP contribution in [-0.2, 0) is 4.79 Å². The molecule has 0 bridgehead atoms. The number of hydrogen-bond acceptors (Lipinski definition) is 3. The lowest BCUT2D eigenvalue weighted by Gasteiger charge is -1.99. The minimum absolute atomic E-state index is 0.356. The van der Waals surface area contributed by atoms with Gasteiger partial charge in [0, 0.05) is 22.0 Å². The lowest BCUT2D eigenvalue weighted by Crippen LogP contribution is -1.96. The summed E-state index contributed by atoms with van der Waals surface area (Å²) >= 11 is 4.87. The Bertz CT molecular complexity index is 393. The Morgan fingerprint density at radius 2 is 2.47 bits per heavy atom. The maximum Gasteiger partial charge on any atom is 0.330 e. The fourth-order valence-electron chi connectivity index (χ4n) is 0.810. The van der Waals surface area contributed by atoms with Gasteiger partial charge in [0.1, 0.15) is 5.03 Å². The van der Waals surface area contributed by atoms with E-state index in [4.69, 9.17) is 5.11 Å². The van der Waals surface area contributed by atoms with Gasteiger partial charge in [0.15, 0.2) is 0 Å². The highest BCUT2D eigenvalue weighted by Gasteiger charge is 2.01. The van der Waals surface area contributed by atoms with Crippen molar-refractivity contribution in [2.24, 2.45) is 0 Å². The zero-order valence-electron chi connectivity index (χ0n) is 8.11. The molecule has 1 rings (SSSR count). The minimum Gasteiger partial charge on any atom is -0.478 e. The lowest BCUT2D eigenvalue weighted by atomic mass is 10.3. The van der Waals surface area contributed by atoms with Crippen molar-refractivity contribution in [3.05, 3.63) is 34.5 Å². The molecule has 0 saturated carbocycles. The molecular weight excluding hydrogens is 278 g/mol. The zero-order chi connectivity index (χ0) is 11.3. The molecule has 80 valence electrons. The molecular formula is C10H10BrNO2S. The van der Waals surface area contributed by atoms with Crippen LogP contribution in [0.25, 0.3) is 0 Å². The van der Waals surface area contributed by atoms with Crippen LogP contribution in [0, 0.1) is 0 Å². The molecule has 0 amide bonds. The molecule has 1 N–H and O–H groups in total. The molecule has 1 heterocycles. The Kier molecular flexibility index (Phi) is 4.84. The van der Waals surface area contributed by atoms with E-state index in [1.165, 1.54) is 11.8 Å². The van der Waals surface area contributed by atoms with Gasteiger partial charge in [-0.05, 0) is 35.0 Å². The number of halogens is 1. The maximum atomic E-state index is 10.5. The van der Waals surface area contributed by atoms with E-state index in [-0.39, 0.29) is 0 Å². The molecule has 0 aliphatic rings. The number of carboxylic acid groups (broad SMARTS) is 1. The van der Waals surface area contributed by atoms with Crippen molar-refractivity contribution in [2.45, 2.75) is 11.9 Å². The summed E-state index contributed by atoms with van der Waals surface area (Å²) < 4.78 is 0.927. The zero-order valence-corrected chi connectivity index (χ0v) is 10.5. The molecule has 0 radical (unpaired) electrons. The number of rotatable bonds is 4. The molecule has 1 aromatic rings. The van der Waals surface area contributed by atoms with E-state index in [1.807, 2.05) is 12.1 Å². The van der Waals surface area contributed by atoms with Crippen molar-refractivity contribution >= 4 is 33.7 Å². The van der Waals surface area contributed by atoms with Crippen molar-refractivity contribution in [3.8, 4) is 0 Å². The van der Waals surface area contributed by atoms with E-state index < -0.39 is 5.97 Å². The smallest absolute Gasteiger partial charge is 0.330 e. The monoisotopic (exact) mass is 287 g/mol. The van der Waals surface area contributed by atoms with Gasteiger partial charge in [-0.3, -0.25) is 0 Å². The third-order valence-corrected chi connectivity index (χ3v) is 3.51. The van der Waals surface area contributed by atoms with E-state index >= 15 is 0 Å². The highest BCUT2D eigenvalue weighted by atomic mass is 79.9. The van der Waals surface area contributed by atoms with Crippen molar-refractivity contribution in [1.82, 2.24) is 4.98 Å². The van der Waals surface area contributed by atoms with Gasteiger partial charge in [-0.25, -0.2) is 9.78 Å². The second-order valence-electron chi connectivity index (χ2n) is 2.79. The molecule has 1 aromatic heterocycles. The van der Waals surface area contributed by atoms with Gasteiger partial charge in [0.05, 0.1) is 0 Å². The van der Waals surface area contributed by atoms with Crippen LogP contribution in [0.5, 0.6) is 0 Å². The lowest BCUT2D eigenvalue weighted by molar-refractivity contribution is -0.132. The average molecular weight is 288 g/mol. The number of aliphatic carboxylic acids is 1. The second kappa shape index (κ2) is 5.92. The summed E-state index contributed by atoms with van der Waals surface area (Å²) in [7, 11) is 0. The third-order valence-electron chi connectivity index (χ3n) is 1.67. The van der Waals surface area contributed by atoms with Gasteiger partial charge in [0.25, 0.3) is 0 Å². The van der Waals surface area contributed by atoms with E-state index in [1.54, 1.807) is 19.2 Å². The highest BCUT2D eigenvalue weighted by Crippen LogP contribution is 2.24. The predicted octanol–water partition coefficient (Wildman–Crippen LogP) is 2.97. The van der Waals surface area contributed by atoms with E-state index in [0.29, 0.717) is 11.3 Å². The van der Waals surface area contributed by atoms with Crippen LogP contribution in [0.1, 0.15) is 6.92 Å². The number of carboxylic acids is 1. The molecule has 0 fully saturated rings. The first kappa shape index (κ1) is 12.3. The van der Waals surface area contributed by atoms with Crippen LogP contribution in [0.4, 0.5) is 0 Å². The van der Waals surface area contributed by atoms with Crippen LogP contribution >= 0.6 is 27.7 Å². The average Bonchev–Trinajstić information content (AvgIpc) is 2.20. The largest absolute Gasteiger partial charge is 0.478 e. The van der Waals surface area contributed by atoms with Crippen LogP contribution in [-0.4, -0.2) is 21.8 Å². The Labute approximate surface area is 101 Å². The van der Waals surface area contributed by atoms with Crippen molar-refractivity contribution in [3.63, 3.8) is 0 Å². The van der Waals surface area contributed by atoms with Crippen molar-refractivity contribution in [2.75, 3.05) is 5.75 Å². The van der Waals surface area contributed by atoms with Gasteiger partial charge in [-0.15, -0.1) is 11.8 Å². The van der Waals surface area contributed by atoms with Gasteiger partial charge in [-0.2, -0.15) is 0 Å². The molecule has 0 aliphatic heterocycles. The first-order chi connectivity index (χ1) is 7.11. The Hall–Kier alpha value is -0.810. The number of carbonyl (C=O) groups is 1. The summed E-state index contributed by atoms with van der Waals surface area (Å²) in [6, 6.07) is 3.75. The standard InChI is InChI=1S/C10H10BrNO2S/c1-7(10(13)14)4-6-15-9-8(11)3-2-5-12-9/h2-5H,6H2,1H3,(H,13,14). The molecule has 0 atom stereocenters. The Morgan fingerprint density at radius 1 is 1.73 bits per heavy atom.